The molecule has 0 aliphatic carbocycles. The highest BCUT2D eigenvalue weighted by Crippen LogP contribution is 2.11. The quantitative estimate of drug-likeness (QED) is 0.840. The van der Waals surface area contributed by atoms with Gasteiger partial charge in [0.2, 0.25) is 11.8 Å². The smallest absolute Gasteiger partial charge is 0.225 e. The van der Waals surface area contributed by atoms with Gasteiger partial charge in [0, 0.05) is 24.6 Å². The molecule has 5 nitrogen and oxygen atoms in total. The molecule has 19 heavy (non-hydrogen) atoms. The molecule has 1 rings (SSSR count). The lowest BCUT2D eigenvalue weighted by Crippen LogP contribution is -2.37. The lowest BCUT2D eigenvalue weighted by atomic mass is 9.96. The number of carbonyl (C=O) groups excluding carboxylic acids is 2. The predicted octanol–water partition coefficient (Wildman–Crippen LogP) is 1.25. The molecule has 0 aliphatic rings. The van der Waals surface area contributed by atoms with E-state index in [4.69, 9.17) is 0 Å². The van der Waals surface area contributed by atoms with Crippen LogP contribution in [0.3, 0.4) is 0 Å². The van der Waals surface area contributed by atoms with Crippen LogP contribution in [0.2, 0.25) is 0 Å². The molecule has 0 fully saturated rings. The molecule has 0 radical (unpaired) electrons. The van der Waals surface area contributed by atoms with Crippen molar-refractivity contribution in [1.82, 2.24) is 15.6 Å². The molecule has 0 unspecified atom stereocenters. The topological polar surface area (TPSA) is 71.1 Å². The zero-order chi connectivity index (χ0) is 14.3. The highest BCUT2D eigenvalue weighted by Gasteiger charge is 2.20. The van der Waals surface area contributed by atoms with E-state index in [1.807, 2.05) is 39.0 Å². The van der Waals surface area contributed by atoms with Gasteiger partial charge in [0.25, 0.3) is 0 Å². The van der Waals surface area contributed by atoms with E-state index < -0.39 is 5.41 Å². The normalized spacial score (nSPS) is 10.9. The summed E-state index contributed by atoms with van der Waals surface area (Å²) in [5.74, 6) is -0.148. The lowest BCUT2D eigenvalue weighted by molar-refractivity contribution is -0.128. The van der Waals surface area contributed by atoms with Gasteiger partial charge in [-0.3, -0.25) is 14.6 Å². The van der Waals surface area contributed by atoms with Crippen LogP contribution in [0.25, 0.3) is 0 Å². The first-order valence-corrected chi connectivity index (χ1v) is 6.34. The third kappa shape index (κ3) is 5.99. The number of nitrogens with one attached hydrogen (secondary N) is 2. The van der Waals surface area contributed by atoms with Crippen molar-refractivity contribution >= 4 is 11.8 Å². The van der Waals surface area contributed by atoms with E-state index in [1.165, 1.54) is 0 Å². The van der Waals surface area contributed by atoms with Crippen molar-refractivity contribution < 1.29 is 9.59 Å². The third-order valence-corrected chi connectivity index (χ3v) is 2.51. The Bertz CT molecular complexity index is 424. The van der Waals surface area contributed by atoms with Crippen molar-refractivity contribution in [3.05, 3.63) is 30.1 Å². The third-order valence-electron chi connectivity index (χ3n) is 2.51. The number of rotatable bonds is 5. The molecule has 2 amide bonds. The Balaban J connectivity index is 2.20. The summed E-state index contributed by atoms with van der Waals surface area (Å²) in [6, 6.07) is 5.55. The number of nitrogens with zero attached hydrogens (tertiary/aromatic N) is 1. The average molecular weight is 263 g/mol. The van der Waals surface area contributed by atoms with Crippen LogP contribution in [-0.2, 0) is 16.1 Å². The second-order valence-electron chi connectivity index (χ2n) is 5.35. The molecule has 5 heteroatoms. The fourth-order valence-corrected chi connectivity index (χ4v) is 1.33. The molecule has 0 spiro atoms. The van der Waals surface area contributed by atoms with Crippen molar-refractivity contribution in [1.29, 1.82) is 0 Å². The van der Waals surface area contributed by atoms with Gasteiger partial charge in [-0.25, -0.2) is 0 Å². The van der Waals surface area contributed by atoms with Crippen LogP contribution in [-0.4, -0.2) is 23.3 Å². The van der Waals surface area contributed by atoms with Crippen LogP contribution < -0.4 is 10.6 Å². The molecule has 0 aromatic carbocycles. The highest BCUT2D eigenvalue weighted by atomic mass is 16.2. The Morgan fingerprint density at radius 2 is 1.95 bits per heavy atom. The van der Waals surface area contributed by atoms with Gasteiger partial charge in [-0.05, 0) is 12.1 Å². The van der Waals surface area contributed by atoms with Crippen molar-refractivity contribution in [2.45, 2.75) is 33.7 Å². The van der Waals surface area contributed by atoms with Gasteiger partial charge in [-0.15, -0.1) is 0 Å². The van der Waals surface area contributed by atoms with Crippen LogP contribution in [0.5, 0.6) is 0 Å². The summed E-state index contributed by atoms with van der Waals surface area (Å²) in [4.78, 5) is 27.2. The Kier molecular flexibility index (Phi) is 5.48. The molecular formula is C14H21N3O2. The number of hydrogen-bond acceptors (Lipinski definition) is 3. The summed E-state index contributed by atoms with van der Waals surface area (Å²) < 4.78 is 0. The largest absolute Gasteiger partial charge is 0.355 e. The summed E-state index contributed by atoms with van der Waals surface area (Å²) in [6.45, 7) is 6.27. The molecule has 104 valence electrons. The Morgan fingerprint density at radius 3 is 2.53 bits per heavy atom. The number of hydrogen-bond donors (Lipinski definition) is 2. The van der Waals surface area contributed by atoms with Gasteiger partial charge in [0.05, 0.1) is 12.2 Å². The zero-order valence-electron chi connectivity index (χ0n) is 11.7. The molecule has 0 saturated heterocycles. The molecule has 1 heterocycles. The molecule has 1 aromatic heterocycles. The first kappa shape index (κ1) is 15.1. The highest BCUT2D eigenvalue weighted by molar-refractivity contribution is 5.82. The van der Waals surface area contributed by atoms with Gasteiger partial charge >= 0.3 is 0 Å². The standard InChI is InChI=1S/C14H21N3O2/c1-14(2,3)13(19)16-9-7-12(18)17-10-11-6-4-5-8-15-11/h4-6,8H,7,9-10H2,1-3H3,(H,16,19)(H,17,18). The summed E-state index contributed by atoms with van der Waals surface area (Å²) in [6.07, 6.45) is 1.96. The van der Waals surface area contributed by atoms with E-state index in [0.717, 1.165) is 5.69 Å². The summed E-state index contributed by atoms with van der Waals surface area (Å²) >= 11 is 0. The maximum atomic E-state index is 11.6. The van der Waals surface area contributed by atoms with Crippen LogP contribution in [0.15, 0.2) is 24.4 Å². The van der Waals surface area contributed by atoms with Crippen LogP contribution >= 0.6 is 0 Å². The Hall–Kier alpha value is -1.91. The minimum Gasteiger partial charge on any atom is -0.355 e. The Labute approximate surface area is 113 Å². The van der Waals surface area contributed by atoms with E-state index in [9.17, 15) is 9.59 Å². The second kappa shape index (κ2) is 6.87. The van der Waals surface area contributed by atoms with Crippen molar-refractivity contribution in [3.63, 3.8) is 0 Å². The molecule has 0 aliphatic heterocycles. The van der Waals surface area contributed by atoms with E-state index >= 15 is 0 Å². The Morgan fingerprint density at radius 1 is 1.21 bits per heavy atom. The van der Waals surface area contributed by atoms with Crippen LogP contribution in [0.1, 0.15) is 32.9 Å². The summed E-state index contributed by atoms with van der Waals surface area (Å²) in [5.41, 5.74) is 0.388. The first-order valence-electron chi connectivity index (χ1n) is 6.34. The number of carbonyl (C=O) groups is 2. The average Bonchev–Trinajstić information content (AvgIpc) is 2.36. The van der Waals surface area contributed by atoms with Gasteiger partial charge in [-0.1, -0.05) is 26.8 Å². The fourth-order valence-electron chi connectivity index (χ4n) is 1.33. The van der Waals surface area contributed by atoms with Gasteiger partial charge in [0.1, 0.15) is 0 Å². The SMILES string of the molecule is CC(C)(C)C(=O)NCCC(=O)NCc1ccccn1. The summed E-state index contributed by atoms with van der Waals surface area (Å²) in [5, 5.41) is 5.49. The first-order chi connectivity index (χ1) is 8.89. The van der Waals surface area contributed by atoms with E-state index in [2.05, 4.69) is 15.6 Å². The van der Waals surface area contributed by atoms with Gasteiger partial charge < -0.3 is 10.6 Å². The number of pyridine rings is 1. The minimum atomic E-state index is -0.426. The lowest BCUT2D eigenvalue weighted by Gasteiger charge is -2.17. The summed E-state index contributed by atoms with van der Waals surface area (Å²) in [7, 11) is 0. The van der Waals surface area contributed by atoms with Gasteiger partial charge in [-0.2, -0.15) is 0 Å². The molecule has 0 saturated carbocycles. The van der Waals surface area contributed by atoms with Crippen molar-refractivity contribution in [2.75, 3.05) is 6.54 Å². The molecular weight excluding hydrogens is 242 g/mol. The maximum absolute atomic E-state index is 11.6. The fraction of sp³-hybridized carbons (Fsp3) is 0.500. The zero-order valence-corrected chi connectivity index (χ0v) is 11.7. The monoisotopic (exact) mass is 263 g/mol. The van der Waals surface area contributed by atoms with Crippen LogP contribution in [0.4, 0.5) is 0 Å². The minimum absolute atomic E-state index is 0.0509. The van der Waals surface area contributed by atoms with E-state index in [-0.39, 0.29) is 18.2 Å². The van der Waals surface area contributed by atoms with E-state index in [1.54, 1.807) is 6.20 Å². The van der Waals surface area contributed by atoms with Crippen molar-refractivity contribution in [2.24, 2.45) is 5.41 Å². The van der Waals surface area contributed by atoms with Gasteiger partial charge in [0.15, 0.2) is 0 Å². The molecule has 0 bridgehead atoms. The number of amides is 2. The molecule has 1 aromatic rings. The predicted molar refractivity (Wildman–Crippen MR) is 73.2 cm³/mol. The molecule has 0 atom stereocenters. The number of aromatic nitrogens is 1. The van der Waals surface area contributed by atoms with Crippen LogP contribution in [0, 0.1) is 5.41 Å². The maximum Gasteiger partial charge on any atom is 0.225 e. The second-order valence-corrected chi connectivity index (χ2v) is 5.35. The van der Waals surface area contributed by atoms with Crippen molar-refractivity contribution in [3.8, 4) is 0 Å². The molecule has 2 N–H and O–H groups in total. The van der Waals surface area contributed by atoms with E-state index in [0.29, 0.717) is 13.1 Å².